The van der Waals surface area contributed by atoms with Gasteiger partial charge >= 0.3 is 0 Å². The summed E-state index contributed by atoms with van der Waals surface area (Å²) >= 11 is 0. The van der Waals surface area contributed by atoms with Crippen LogP contribution in [0.5, 0.6) is 0 Å². The topological polar surface area (TPSA) is 119 Å². The van der Waals surface area contributed by atoms with Gasteiger partial charge in [-0.1, -0.05) is 12.1 Å². The van der Waals surface area contributed by atoms with E-state index in [2.05, 4.69) is 5.32 Å². The first-order chi connectivity index (χ1) is 12.5. The van der Waals surface area contributed by atoms with Crippen molar-refractivity contribution in [2.24, 2.45) is 5.73 Å². The van der Waals surface area contributed by atoms with E-state index in [0.29, 0.717) is 18.7 Å². The highest BCUT2D eigenvalue weighted by molar-refractivity contribution is 5.95. The number of nitro groups is 1. The standard InChI is InChI=1S/C18H18N4O4/c19-18(24)13-5-8-15(16(10-13)22(25)26)20-11-12-3-6-14(7-4-12)21-9-1-2-17(21)23/h3-8,10,20H,1-2,9,11H2,(H2,19,24). The Morgan fingerprint density at radius 3 is 2.54 bits per heavy atom. The maximum Gasteiger partial charge on any atom is 0.293 e. The van der Waals surface area contributed by atoms with Crippen molar-refractivity contribution < 1.29 is 14.5 Å². The van der Waals surface area contributed by atoms with Crippen molar-refractivity contribution in [2.75, 3.05) is 16.8 Å². The first-order valence-electron chi connectivity index (χ1n) is 8.17. The maximum absolute atomic E-state index is 11.8. The second kappa shape index (κ2) is 7.22. The molecule has 0 aliphatic carbocycles. The van der Waals surface area contributed by atoms with E-state index in [4.69, 9.17) is 5.73 Å². The van der Waals surface area contributed by atoms with Gasteiger partial charge < -0.3 is 16.0 Å². The molecule has 0 bridgehead atoms. The van der Waals surface area contributed by atoms with Gasteiger partial charge in [-0.25, -0.2) is 0 Å². The van der Waals surface area contributed by atoms with Crippen molar-refractivity contribution in [1.29, 1.82) is 0 Å². The summed E-state index contributed by atoms with van der Waals surface area (Å²) in [5, 5.41) is 14.2. The van der Waals surface area contributed by atoms with Crippen LogP contribution in [0.25, 0.3) is 0 Å². The number of carbonyl (C=O) groups is 2. The number of rotatable bonds is 6. The lowest BCUT2D eigenvalue weighted by Crippen LogP contribution is -2.23. The van der Waals surface area contributed by atoms with Crippen LogP contribution in [0, 0.1) is 10.1 Å². The summed E-state index contributed by atoms with van der Waals surface area (Å²) in [6.45, 7) is 1.10. The molecule has 8 nitrogen and oxygen atoms in total. The highest BCUT2D eigenvalue weighted by Crippen LogP contribution is 2.27. The average molecular weight is 354 g/mol. The zero-order chi connectivity index (χ0) is 18.7. The van der Waals surface area contributed by atoms with E-state index >= 15 is 0 Å². The molecular weight excluding hydrogens is 336 g/mol. The van der Waals surface area contributed by atoms with Gasteiger partial charge in [0.1, 0.15) is 5.69 Å². The van der Waals surface area contributed by atoms with Gasteiger partial charge in [-0.15, -0.1) is 0 Å². The van der Waals surface area contributed by atoms with Gasteiger partial charge in [0.2, 0.25) is 11.8 Å². The van der Waals surface area contributed by atoms with E-state index in [1.807, 2.05) is 24.3 Å². The predicted octanol–water partition coefficient (Wildman–Crippen LogP) is 2.43. The van der Waals surface area contributed by atoms with Gasteiger partial charge in [0.05, 0.1) is 4.92 Å². The molecule has 3 N–H and O–H groups in total. The summed E-state index contributed by atoms with van der Waals surface area (Å²) in [4.78, 5) is 35.3. The van der Waals surface area contributed by atoms with Crippen molar-refractivity contribution in [1.82, 2.24) is 0 Å². The van der Waals surface area contributed by atoms with Crippen LogP contribution in [0.1, 0.15) is 28.8 Å². The average Bonchev–Trinajstić information content (AvgIpc) is 3.06. The van der Waals surface area contributed by atoms with Gasteiger partial charge in [0.15, 0.2) is 0 Å². The second-order valence-electron chi connectivity index (χ2n) is 6.02. The minimum atomic E-state index is -0.716. The Morgan fingerprint density at radius 1 is 1.23 bits per heavy atom. The fourth-order valence-electron chi connectivity index (χ4n) is 2.90. The number of nitrogens with zero attached hydrogens (tertiary/aromatic N) is 2. The van der Waals surface area contributed by atoms with E-state index in [1.54, 1.807) is 4.90 Å². The van der Waals surface area contributed by atoms with Gasteiger partial charge in [-0.05, 0) is 36.2 Å². The van der Waals surface area contributed by atoms with Crippen molar-refractivity contribution in [3.63, 3.8) is 0 Å². The molecule has 1 fully saturated rings. The fraction of sp³-hybridized carbons (Fsp3) is 0.222. The largest absolute Gasteiger partial charge is 0.375 e. The molecule has 26 heavy (non-hydrogen) atoms. The van der Waals surface area contributed by atoms with Crippen LogP contribution in [0.4, 0.5) is 17.1 Å². The summed E-state index contributed by atoms with van der Waals surface area (Å²) in [5.41, 5.74) is 7.11. The summed E-state index contributed by atoms with van der Waals surface area (Å²) in [6.07, 6.45) is 1.45. The van der Waals surface area contributed by atoms with Gasteiger partial charge in [-0.2, -0.15) is 0 Å². The molecule has 1 heterocycles. The molecule has 1 aliphatic rings. The third-order valence-electron chi connectivity index (χ3n) is 4.28. The molecule has 134 valence electrons. The highest BCUT2D eigenvalue weighted by atomic mass is 16.6. The Labute approximate surface area is 149 Å². The second-order valence-corrected chi connectivity index (χ2v) is 6.02. The highest BCUT2D eigenvalue weighted by Gasteiger charge is 2.21. The lowest BCUT2D eigenvalue weighted by atomic mass is 10.1. The van der Waals surface area contributed by atoms with E-state index in [1.165, 1.54) is 12.1 Å². The summed E-state index contributed by atoms with van der Waals surface area (Å²) in [5.74, 6) is -0.590. The third-order valence-corrected chi connectivity index (χ3v) is 4.28. The van der Waals surface area contributed by atoms with E-state index < -0.39 is 10.8 Å². The molecule has 2 amide bonds. The van der Waals surface area contributed by atoms with Crippen LogP contribution >= 0.6 is 0 Å². The van der Waals surface area contributed by atoms with Gasteiger partial charge in [0, 0.05) is 36.8 Å². The lowest BCUT2D eigenvalue weighted by molar-refractivity contribution is -0.384. The Morgan fingerprint density at radius 2 is 1.96 bits per heavy atom. The Kier molecular flexibility index (Phi) is 4.83. The first kappa shape index (κ1) is 17.4. The number of benzene rings is 2. The number of nitrogens with one attached hydrogen (secondary N) is 1. The number of nitro benzene ring substituents is 1. The predicted molar refractivity (Wildman–Crippen MR) is 97.0 cm³/mol. The number of primary amides is 1. The number of anilines is 2. The summed E-state index contributed by atoms with van der Waals surface area (Å²) in [6, 6.07) is 11.5. The number of carbonyl (C=O) groups excluding carboxylic acids is 2. The van der Waals surface area contributed by atoms with Crippen LogP contribution in [-0.2, 0) is 11.3 Å². The number of hydrogen-bond acceptors (Lipinski definition) is 5. The molecule has 0 atom stereocenters. The molecule has 2 aromatic carbocycles. The Hall–Kier alpha value is -3.42. The molecule has 1 saturated heterocycles. The van der Waals surface area contributed by atoms with E-state index in [-0.39, 0.29) is 17.2 Å². The number of nitrogens with two attached hydrogens (primary N) is 1. The van der Waals surface area contributed by atoms with Crippen molar-refractivity contribution in [2.45, 2.75) is 19.4 Å². The SMILES string of the molecule is NC(=O)c1ccc(NCc2ccc(N3CCCC3=O)cc2)c([N+](=O)[O-])c1. The lowest BCUT2D eigenvalue weighted by Gasteiger charge is -2.16. The number of hydrogen-bond donors (Lipinski definition) is 2. The quantitative estimate of drug-likeness (QED) is 0.610. The van der Waals surface area contributed by atoms with Crippen molar-refractivity contribution in [3.05, 3.63) is 63.7 Å². The van der Waals surface area contributed by atoms with Crippen LogP contribution in [0.15, 0.2) is 42.5 Å². The molecule has 1 aliphatic heterocycles. The smallest absolute Gasteiger partial charge is 0.293 e. The maximum atomic E-state index is 11.8. The van der Waals surface area contributed by atoms with Crippen LogP contribution < -0.4 is 16.0 Å². The minimum absolute atomic E-state index is 0.0851. The number of amides is 2. The van der Waals surface area contributed by atoms with Crippen LogP contribution in [0.3, 0.4) is 0 Å². The van der Waals surface area contributed by atoms with Gasteiger partial charge in [0.25, 0.3) is 5.69 Å². The third kappa shape index (κ3) is 3.64. The van der Waals surface area contributed by atoms with Crippen LogP contribution in [-0.4, -0.2) is 23.3 Å². The monoisotopic (exact) mass is 354 g/mol. The van der Waals surface area contributed by atoms with E-state index in [9.17, 15) is 19.7 Å². The molecule has 0 radical (unpaired) electrons. The molecule has 3 rings (SSSR count). The van der Waals surface area contributed by atoms with Crippen molar-refractivity contribution >= 4 is 28.9 Å². The molecule has 0 aromatic heterocycles. The van der Waals surface area contributed by atoms with Crippen LogP contribution in [0.2, 0.25) is 0 Å². The zero-order valence-corrected chi connectivity index (χ0v) is 14.0. The zero-order valence-electron chi connectivity index (χ0n) is 14.0. The van der Waals surface area contributed by atoms with Gasteiger partial charge in [-0.3, -0.25) is 19.7 Å². The molecule has 8 heteroatoms. The summed E-state index contributed by atoms with van der Waals surface area (Å²) < 4.78 is 0. The molecular formula is C18H18N4O4. The molecule has 0 spiro atoms. The fourth-order valence-corrected chi connectivity index (χ4v) is 2.90. The summed E-state index contributed by atoms with van der Waals surface area (Å²) in [7, 11) is 0. The minimum Gasteiger partial charge on any atom is -0.375 e. The first-order valence-corrected chi connectivity index (χ1v) is 8.17. The van der Waals surface area contributed by atoms with Crippen molar-refractivity contribution in [3.8, 4) is 0 Å². The Balaban J connectivity index is 1.71. The van der Waals surface area contributed by atoms with E-state index in [0.717, 1.165) is 30.3 Å². The Bertz CT molecular complexity index is 864. The molecule has 2 aromatic rings. The molecule has 0 saturated carbocycles. The normalized spacial score (nSPS) is 13.7. The molecule has 0 unspecified atom stereocenters.